The fourth-order valence-corrected chi connectivity index (χ4v) is 9.49. The Bertz CT molecular complexity index is 2790. The van der Waals surface area contributed by atoms with Crippen molar-refractivity contribution in [2.75, 3.05) is 0 Å². The molecule has 0 radical (unpaired) electrons. The molecule has 0 bridgehead atoms. The van der Waals surface area contributed by atoms with Crippen LogP contribution in [0, 0.1) is 0 Å². The van der Waals surface area contributed by atoms with Crippen LogP contribution in [0.5, 0.6) is 0 Å². The zero-order valence-corrected chi connectivity index (χ0v) is 25.5. The molecule has 0 atom stereocenters. The molecule has 6 heteroatoms. The van der Waals surface area contributed by atoms with Gasteiger partial charge in [0.05, 0.1) is 21.1 Å². The number of rotatable bonds is 2. The van der Waals surface area contributed by atoms with Crippen molar-refractivity contribution in [2.45, 2.75) is 0 Å². The Hall–Kier alpha value is -4.81. The normalized spacial score (nSPS) is 12.2. The third-order valence-corrected chi connectivity index (χ3v) is 11.2. The Morgan fingerprint density at radius 1 is 0.523 bits per heavy atom. The van der Waals surface area contributed by atoms with E-state index < -0.39 is 0 Å². The molecule has 0 N–H and O–H groups in total. The summed E-state index contributed by atoms with van der Waals surface area (Å²) in [5.41, 5.74) is 4.64. The van der Waals surface area contributed by atoms with E-state index in [1.54, 1.807) is 11.3 Å². The molecule has 0 spiro atoms. The third kappa shape index (κ3) is 3.32. The van der Waals surface area contributed by atoms with Crippen molar-refractivity contribution in [1.82, 2.24) is 14.5 Å². The Labute approximate surface area is 264 Å². The largest absolute Gasteiger partial charge is 0.292 e. The van der Waals surface area contributed by atoms with Crippen LogP contribution >= 0.6 is 34.3 Å². The number of benzene rings is 6. The number of fused-ring (bicyclic) bond motifs is 13. The molecular formula is C38H20ClN3S2. The predicted molar refractivity (Wildman–Crippen MR) is 190 cm³/mol. The summed E-state index contributed by atoms with van der Waals surface area (Å²) < 4.78 is 6.05. The van der Waals surface area contributed by atoms with Crippen LogP contribution in [0.2, 0.25) is 5.28 Å². The van der Waals surface area contributed by atoms with Gasteiger partial charge in [0.15, 0.2) is 5.82 Å². The lowest BCUT2D eigenvalue weighted by Crippen LogP contribution is -2.00. The van der Waals surface area contributed by atoms with Gasteiger partial charge in [-0.05, 0) is 57.8 Å². The highest BCUT2D eigenvalue weighted by Gasteiger charge is 2.25. The minimum Gasteiger partial charge on any atom is -0.292 e. The van der Waals surface area contributed by atoms with Gasteiger partial charge in [-0.2, -0.15) is 4.98 Å². The zero-order chi connectivity index (χ0) is 28.9. The van der Waals surface area contributed by atoms with E-state index in [-0.39, 0.29) is 5.28 Å². The van der Waals surface area contributed by atoms with Crippen molar-refractivity contribution < 1.29 is 0 Å². The first-order valence-corrected chi connectivity index (χ1v) is 16.5. The second kappa shape index (κ2) is 9.10. The standard InChI is InChI=1S/C38H20ClN3S2/c39-38-40-36(33-26-15-7-9-17-30(26)44-37(33)41-38)42-28-19-18-22(21-10-2-1-3-11-21)20-27(28)31-23-12-4-5-13-24(23)32-25-14-6-8-16-29(25)43-35(32)34(31)42/h1-20H. The van der Waals surface area contributed by atoms with Crippen molar-refractivity contribution >= 4 is 107 Å². The maximum Gasteiger partial charge on any atom is 0.225 e. The molecule has 44 heavy (non-hydrogen) atoms. The Morgan fingerprint density at radius 3 is 1.93 bits per heavy atom. The number of halogens is 1. The van der Waals surface area contributed by atoms with Gasteiger partial charge in [-0.1, -0.05) is 97.1 Å². The predicted octanol–water partition coefficient (Wildman–Crippen LogP) is 11.8. The first kappa shape index (κ1) is 24.6. The number of nitrogens with zero attached hydrogens (tertiary/aromatic N) is 3. The molecule has 4 aromatic heterocycles. The molecule has 10 aromatic rings. The summed E-state index contributed by atoms with van der Waals surface area (Å²) in [6, 6.07) is 43.5. The first-order valence-electron chi connectivity index (χ1n) is 14.5. The third-order valence-electron chi connectivity index (χ3n) is 8.75. The minimum atomic E-state index is 0.253. The topological polar surface area (TPSA) is 30.7 Å². The quantitative estimate of drug-likeness (QED) is 0.181. The molecule has 6 aromatic carbocycles. The lowest BCUT2D eigenvalue weighted by atomic mass is 9.97. The van der Waals surface area contributed by atoms with Gasteiger partial charge in [-0.15, -0.1) is 22.7 Å². The van der Waals surface area contributed by atoms with Crippen molar-refractivity contribution in [3.8, 4) is 16.9 Å². The van der Waals surface area contributed by atoms with E-state index in [1.807, 2.05) is 11.3 Å². The number of thiophene rings is 2. The molecule has 0 fully saturated rings. The van der Waals surface area contributed by atoms with Crippen molar-refractivity contribution in [3.05, 3.63) is 127 Å². The van der Waals surface area contributed by atoms with Crippen LogP contribution in [0.25, 0.3) is 90.0 Å². The minimum absolute atomic E-state index is 0.253. The molecule has 0 aliphatic carbocycles. The van der Waals surface area contributed by atoms with Gasteiger partial charge >= 0.3 is 0 Å². The number of hydrogen-bond acceptors (Lipinski definition) is 4. The van der Waals surface area contributed by atoms with E-state index >= 15 is 0 Å². The molecule has 0 saturated heterocycles. The van der Waals surface area contributed by atoms with Crippen LogP contribution < -0.4 is 0 Å². The Kier molecular flexibility index (Phi) is 5.09. The van der Waals surface area contributed by atoms with Crippen LogP contribution in [0.3, 0.4) is 0 Å². The SMILES string of the molecule is Clc1nc(-n2c3ccc(-c4ccccc4)cc3c3c4ccccc4c4c5ccccc5sc4c32)c2c(n1)sc1ccccc12. The van der Waals surface area contributed by atoms with Gasteiger partial charge in [-0.3, -0.25) is 4.57 Å². The van der Waals surface area contributed by atoms with E-state index in [9.17, 15) is 0 Å². The van der Waals surface area contributed by atoms with Crippen LogP contribution in [-0.2, 0) is 0 Å². The molecule has 0 aliphatic heterocycles. The summed E-state index contributed by atoms with van der Waals surface area (Å²) in [6.07, 6.45) is 0. The summed E-state index contributed by atoms with van der Waals surface area (Å²) in [5.74, 6) is 0.818. The summed E-state index contributed by atoms with van der Waals surface area (Å²) in [5, 5.41) is 9.92. The molecule has 206 valence electrons. The maximum absolute atomic E-state index is 6.73. The van der Waals surface area contributed by atoms with Gasteiger partial charge in [0, 0.05) is 36.3 Å². The molecule has 3 nitrogen and oxygen atoms in total. The van der Waals surface area contributed by atoms with E-state index in [1.165, 1.54) is 57.5 Å². The fourth-order valence-electron chi connectivity index (χ4n) is 6.95. The summed E-state index contributed by atoms with van der Waals surface area (Å²) >= 11 is 10.2. The average Bonchev–Trinajstić information content (AvgIpc) is 3.74. The molecular weight excluding hydrogens is 598 g/mol. The summed E-state index contributed by atoms with van der Waals surface area (Å²) in [6.45, 7) is 0. The van der Waals surface area contributed by atoms with Crippen LogP contribution in [0.1, 0.15) is 0 Å². The lowest BCUT2D eigenvalue weighted by Gasteiger charge is -2.11. The van der Waals surface area contributed by atoms with Crippen LogP contribution in [0.15, 0.2) is 121 Å². The van der Waals surface area contributed by atoms with Crippen molar-refractivity contribution in [2.24, 2.45) is 0 Å². The van der Waals surface area contributed by atoms with Gasteiger partial charge in [-0.25, -0.2) is 4.98 Å². The highest BCUT2D eigenvalue weighted by molar-refractivity contribution is 7.27. The number of hydrogen-bond donors (Lipinski definition) is 0. The van der Waals surface area contributed by atoms with E-state index in [4.69, 9.17) is 21.6 Å². The van der Waals surface area contributed by atoms with E-state index in [0.29, 0.717) is 0 Å². The highest BCUT2D eigenvalue weighted by Crippen LogP contribution is 2.49. The van der Waals surface area contributed by atoms with Gasteiger partial charge in [0.1, 0.15) is 4.83 Å². The molecule has 4 heterocycles. The lowest BCUT2D eigenvalue weighted by molar-refractivity contribution is 1.08. The molecule has 0 aliphatic rings. The maximum atomic E-state index is 6.73. The fraction of sp³-hybridized carbons (Fsp3) is 0. The smallest absolute Gasteiger partial charge is 0.225 e. The van der Waals surface area contributed by atoms with Gasteiger partial charge in [0.25, 0.3) is 0 Å². The monoisotopic (exact) mass is 617 g/mol. The average molecular weight is 618 g/mol. The zero-order valence-electron chi connectivity index (χ0n) is 23.1. The second-order valence-corrected chi connectivity index (χ2v) is 13.5. The molecule has 10 rings (SSSR count). The van der Waals surface area contributed by atoms with Crippen molar-refractivity contribution in [1.29, 1.82) is 0 Å². The first-order chi connectivity index (χ1) is 21.7. The molecule has 0 amide bonds. The second-order valence-electron chi connectivity index (χ2n) is 11.1. The summed E-state index contributed by atoms with van der Waals surface area (Å²) in [4.78, 5) is 10.6. The number of aromatic nitrogens is 3. The Balaban J connectivity index is 1.50. The van der Waals surface area contributed by atoms with E-state index in [2.05, 4.69) is 126 Å². The molecule has 0 saturated carbocycles. The van der Waals surface area contributed by atoms with Gasteiger partial charge < -0.3 is 0 Å². The van der Waals surface area contributed by atoms with Gasteiger partial charge in [0.2, 0.25) is 5.28 Å². The van der Waals surface area contributed by atoms with Crippen molar-refractivity contribution in [3.63, 3.8) is 0 Å². The Morgan fingerprint density at radius 2 is 1.16 bits per heavy atom. The summed E-state index contributed by atoms with van der Waals surface area (Å²) in [7, 11) is 0. The van der Waals surface area contributed by atoms with Crippen LogP contribution in [-0.4, -0.2) is 14.5 Å². The highest BCUT2D eigenvalue weighted by atomic mass is 35.5. The van der Waals surface area contributed by atoms with E-state index in [0.717, 1.165) is 32.5 Å². The molecule has 0 unspecified atom stereocenters. The van der Waals surface area contributed by atoms with Crippen LogP contribution in [0.4, 0.5) is 0 Å².